The molecule has 0 unspecified atom stereocenters. The Bertz CT molecular complexity index is 530. The molecular weight excluding hydrogens is 212 g/mol. The van der Waals surface area contributed by atoms with Gasteiger partial charge in [-0.05, 0) is 24.0 Å². The highest BCUT2D eigenvalue weighted by molar-refractivity contribution is 5.93. The highest BCUT2D eigenvalue weighted by atomic mass is 16.5. The molecule has 0 fully saturated rings. The van der Waals surface area contributed by atoms with Crippen molar-refractivity contribution in [3.8, 4) is 11.5 Å². The minimum Gasteiger partial charge on any atom is -0.507 e. The van der Waals surface area contributed by atoms with Gasteiger partial charge in [-0.25, -0.2) is 0 Å². The summed E-state index contributed by atoms with van der Waals surface area (Å²) in [5, 5.41) is 12.1. The number of phenols is 1. The molecule has 0 amide bonds. The minimum absolute atomic E-state index is 0.384. The van der Waals surface area contributed by atoms with Crippen LogP contribution < -0.4 is 4.74 Å². The van der Waals surface area contributed by atoms with Crippen LogP contribution in [0.25, 0.3) is 10.8 Å². The Kier molecular flexibility index (Phi) is 3.23. The van der Waals surface area contributed by atoms with Gasteiger partial charge >= 0.3 is 0 Å². The number of rotatable bonds is 3. The number of hydrogen-bond donors (Lipinski definition) is 1. The van der Waals surface area contributed by atoms with Crippen molar-refractivity contribution in [1.82, 2.24) is 0 Å². The van der Waals surface area contributed by atoms with Crippen LogP contribution in [0.1, 0.15) is 19.4 Å². The van der Waals surface area contributed by atoms with Crippen molar-refractivity contribution in [2.45, 2.75) is 20.3 Å². The summed E-state index contributed by atoms with van der Waals surface area (Å²) in [6.07, 6.45) is 0.888. The summed E-state index contributed by atoms with van der Waals surface area (Å²) < 4.78 is 5.29. The Morgan fingerprint density at radius 1 is 1.12 bits per heavy atom. The van der Waals surface area contributed by atoms with E-state index in [1.54, 1.807) is 7.11 Å². The van der Waals surface area contributed by atoms with Crippen LogP contribution in [-0.4, -0.2) is 12.2 Å². The fourth-order valence-electron chi connectivity index (χ4n) is 2.14. The molecule has 0 aromatic heterocycles. The highest BCUT2D eigenvalue weighted by Gasteiger charge is 2.10. The van der Waals surface area contributed by atoms with Gasteiger partial charge in [-0.2, -0.15) is 0 Å². The monoisotopic (exact) mass is 230 g/mol. The van der Waals surface area contributed by atoms with Crippen molar-refractivity contribution in [2.24, 2.45) is 5.92 Å². The van der Waals surface area contributed by atoms with Crippen LogP contribution >= 0.6 is 0 Å². The number of benzene rings is 2. The maximum atomic E-state index is 10.3. The Labute approximate surface area is 102 Å². The number of aromatic hydroxyl groups is 1. The summed E-state index contributed by atoms with van der Waals surface area (Å²) in [5.74, 6) is 1.72. The molecule has 0 spiro atoms. The van der Waals surface area contributed by atoms with E-state index in [2.05, 4.69) is 13.8 Å². The summed E-state index contributed by atoms with van der Waals surface area (Å²) in [4.78, 5) is 0. The van der Waals surface area contributed by atoms with Crippen LogP contribution in [0.2, 0.25) is 0 Å². The van der Waals surface area contributed by atoms with Crippen LogP contribution in [0.15, 0.2) is 30.3 Å². The van der Waals surface area contributed by atoms with Gasteiger partial charge in [0.25, 0.3) is 0 Å². The van der Waals surface area contributed by atoms with E-state index in [1.807, 2.05) is 30.3 Å². The molecule has 90 valence electrons. The molecule has 2 aromatic rings. The van der Waals surface area contributed by atoms with Gasteiger partial charge in [-0.3, -0.25) is 0 Å². The summed E-state index contributed by atoms with van der Waals surface area (Å²) in [7, 11) is 1.65. The van der Waals surface area contributed by atoms with E-state index in [9.17, 15) is 5.11 Å². The maximum Gasteiger partial charge on any atom is 0.126 e. The molecule has 0 bridgehead atoms. The molecule has 2 aromatic carbocycles. The average molecular weight is 230 g/mol. The molecule has 0 aliphatic carbocycles. The van der Waals surface area contributed by atoms with Crippen LogP contribution in [-0.2, 0) is 6.42 Å². The lowest BCUT2D eigenvalue weighted by Gasteiger charge is -2.12. The first-order valence-corrected chi connectivity index (χ1v) is 5.91. The lowest BCUT2D eigenvalue weighted by Crippen LogP contribution is -1.95. The maximum absolute atomic E-state index is 10.3. The molecule has 2 heteroatoms. The van der Waals surface area contributed by atoms with E-state index in [0.29, 0.717) is 11.7 Å². The zero-order valence-electron chi connectivity index (χ0n) is 10.5. The first-order chi connectivity index (χ1) is 8.13. The van der Waals surface area contributed by atoms with Crippen molar-refractivity contribution in [3.05, 3.63) is 35.9 Å². The molecule has 0 saturated heterocycles. The summed E-state index contributed by atoms with van der Waals surface area (Å²) in [6, 6.07) is 9.74. The third-order valence-corrected chi connectivity index (χ3v) is 2.92. The van der Waals surface area contributed by atoms with E-state index in [4.69, 9.17) is 4.74 Å². The predicted molar refractivity (Wildman–Crippen MR) is 70.7 cm³/mol. The zero-order chi connectivity index (χ0) is 12.4. The molecule has 0 heterocycles. The average Bonchev–Trinajstić information content (AvgIpc) is 2.31. The molecule has 1 N–H and O–H groups in total. The number of ether oxygens (including phenoxy) is 1. The quantitative estimate of drug-likeness (QED) is 0.870. The zero-order valence-corrected chi connectivity index (χ0v) is 10.5. The van der Waals surface area contributed by atoms with Crippen molar-refractivity contribution in [2.75, 3.05) is 7.11 Å². The second-order valence-electron chi connectivity index (χ2n) is 4.73. The lowest BCUT2D eigenvalue weighted by atomic mass is 9.98. The number of hydrogen-bond acceptors (Lipinski definition) is 2. The number of phenolic OH excluding ortho intramolecular Hbond substituents is 1. The summed E-state index contributed by atoms with van der Waals surface area (Å²) in [6.45, 7) is 4.30. The second-order valence-corrected chi connectivity index (χ2v) is 4.73. The van der Waals surface area contributed by atoms with Crippen molar-refractivity contribution < 1.29 is 9.84 Å². The predicted octanol–water partition coefficient (Wildman–Crippen LogP) is 3.75. The third-order valence-electron chi connectivity index (χ3n) is 2.92. The van der Waals surface area contributed by atoms with Crippen molar-refractivity contribution in [1.29, 1.82) is 0 Å². The molecule has 2 nitrogen and oxygen atoms in total. The van der Waals surface area contributed by atoms with Crippen LogP contribution in [0, 0.1) is 5.92 Å². The van der Waals surface area contributed by atoms with E-state index < -0.39 is 0 Å². The van der Waals surface area contributed by atoms with Crippen molar-refractivity contribution in [3.63, 3.8) is 0 Å². The van der Waals surface area contributed by atoms with Crippen LogP contribution in [0.4, 0.5) is 0 Å². The van der Waals surface area contributed by atoms with E-state index in [1.165, 1.54) is 0 Å². The molecule has 0 radical (unpaired) electrons. The van der Waals surface area contributed by atoms with Gasteiger partial charge in [0, 0.05) is 10.8 Å². The number of methoxy groups -OCH3 is 1. The molecule has 17 heavy (non-hydrogen) atoms. The lowest BCUT2D eigenvalue weighted by molar-refractivity contribution is 0.419. The Morgan fingerprint density at radius 2 is 1.88 bits per heavy atom. The molecule has 0 aliphatic heterocycles. The molecular formula is C15H18O2. The fourth-order valence-corrected chi connectivity index (χ4v) is 2.14. The van der Waals surface area contributed by atoms with Gasteiger partial charge in [-0.1, -0.05) is 38.1 Å². The Hall–Kier alpha value is -1.70. The molecule has 2 rings (SSSR count). The van der Waals surface area contributed by atoms with E-state index in [0.717, 1.165) is 28.5 Å². The minimum atomic E-state index is 0.384. The normalized spacial score (nSPS) is 11.1. The smallest absolute Gasteiger partial charge is 0.126 e. The van der Waals surface area contributed by atoms with E-state index in [-0.39, 0.29) is 0 Å². The molecule has 0 saturated carbocycles. The highest BCUT2D eigenvalue weighted by Crippen LogP contribution is 2.34. The second kappa shape index (κ2) is 4.66. The van der Waals surface area contributed by atoms with Gasteiger partial charge in [0.05, 0.1) is 7.11 Å². The fraction of sp³-hybridized carbons (Fsp3) is 0.333. The summed E-state index contributed by atoms with van der Waals surface area (Å²) in [5.41, 5.74) is 1.00. The van der Waals surface area contributed by atoms with Crippen LogP contribution in [0.5, 0.6) is 11.5 Å². The van der Waals surface area contributed by atoms with Crippen LogP contribution in [0.3, 0.4) is 0 Å². The molecule has 0 atom stereocenters. The molecule has 0 aliphatic rings. The Balaban J connectivity index is 2.60. The third kappa shape index (κ3) is 2.21. The first kappa shape index (κ1) is 11.8. The SMILES string of the molecule is COc1cccc2c(O)c(CC(C)C)ccc12. The van der Waals surface area contributed by atoms with Gasteiger partial charge in [-0.15, -0.1) is 0 Å². The summed E-state index contributed by atoms with van der Waals surface area (Å²) >= 11 is 0. The van der Waals surface area contributed by atoms with Crippen molar-refractivity contribution >= 4 is 10.8 Å². The largest absolute Gasteiger partial charge is 0.507 e. The number of fused-ring (bicyclic) bond motifs is 1. The first-order valence-electron chi connectivity index (χ1n) is 5.91. The topological polar surface area (TPSA) is 29.5 Å². The van der Waals surface area contributed by atoms with Gasteiger partial charge in [0.1, 0.15) is 11.5 Å². The van der Waals surface area contributed by atoms with E-state index >= 15 is 0 Å². The van der Waals surface area contributed by atoms with Gasteiger partial charge in [0.2, 0.25) is 0 Å². The van der Waals surface area contributed by atoms with Gasteiger partial charge in [0.15, 0.2) is 0 Å². The Morgan fingerprint density at radius 3 is 2.53 bits per heavy atom. The standard InChI is InChI=1S/C15H18O2/c1-10(2)9-11-7-8-12-13(15(11)16)5-4-6-14(12)17-3/h4-8,10,16H,9H2,1-3H3. The van der Waals surface area contributed by atoms with Gasteiger partial charge < -0.3 is 9.84 Å².